The highest BCUT2D eigenvalue weighted by atomic mass is 16.5. The first-order chi connectivity index (χ1) is 9.24. The van der Waals surface area contributed by atoms with Gasteiger partial charge in [0, 0.05) is 20.1 Å². The molecule has 5 nitrogen and oxygen atoms in total. The number of hydrogen-bond acceptors (Lipinski definition) is 5. The van der Waals surface area contributed by atoms with Crippen LogP contribution < -0.4 is 15.4 Å². The number of nitrogens with zero attached hydrogens (tertiary/aromatic N) is 3. The highest BCUT2D eigenvalue weighted by Gasteiger charge is 2.08. The molecule has 5 heteroatoms. The Morgan fingerprint density at radius 1 is 1.21 bits per heavy atom. The van der Waals surface area contributed by atoms with E-state index in [0.29, 0.717) is 12.4 Å². The van der Waals surface area contributed by atoms with Crippen LogP contribution in [0.2, 0.25) is 0 Å². The Morgan fingerprint density at radius 2 is 1.95 bits per heavy atom. The molecule has 0 aliphatic carbocycles. The SMILES string of the molecule is COc1cncc(N(C)Cc2ccccc2CN)n1. The third-order valence-corrected chi connectivity index (χ3v) is 2.95. The summed E-state index contributed by atoms with van der Waals surface area (Å²) in [6.07, 6.45) is 3.30. The van der Waals surface area contributed by atoms with Gasteiger partial charge in [0.1, 0.15) is 0 Å². The van der Waals surface area contributed by atoms with Crippen molar-refractivity contribution in [2.24, 2.45) is 5.73 Å². The van der Waals surface area contributed by atoms with Gasteiger partial charge in [0.25, 0.3) is 0 Å². The van der Waals surface area contributed by atoms with Gasteiger partial charge in [-0.3, -0.25) is 4.98 Å². The minimum absolute atomic E-state index is 0.511. The Bertz CT molecular complexity index is 544. The van der Waals surface area contributed by atoms with Crippen molar-refractivity contribution in [1.82, 2.24) is 9.97 Å². The lowest BCUT2D eigenvalue weighted by Gasteiger charge is -2.19. The van der Waals surface area contributed by atoms with E-state index in [1.807, 2.05) is 30.1 Å². The van der Waals surface area contributed by atoms with Gasteiger partial charge in [0.2, 0.25) is 5.88 Å². The molecule has 0 radical (unpaired) electrons. The number of rotatable bonds is 5. The molecule has 19 heavy (non-hydrogen) atoms. The summed E-state index contributed by atoms with van der Waals surface area (Å²) in [7, 11) is 3.55. The Kier molecular flexibility index (Phi) is 4.30. The third-order valence-electron chi connectivity index (χ3n) is 2.95. The summed E-state index contributed by atoms with van der Waals surface area (Å²) in [5.41, 5.74) is 8.08. The Hall–Kier alpha value is -2.14. The van der Waals surface area contributed by atoms with Crippen molar-refractivity contribution in [3.63, 3.8) is 0 Å². The minimum atomic E-state index is 0.511. The zero-order valence-electron chi connectivity index (χ0n) is 11.2. The summed E-state index contributed by atoms with van der Waals surface area (Å²) in [5.74, 6) is 1.28. The molecule has 100 valence electrons. The average molecular weight is 258 g/mol. The molecule has 0 unspecified atom stereocenters. The molecule has 0 aliphatic heterocycles. The molecule has 1 aromatic carbocycles. The van der Waals surface area contributed by atoms with Gasteiger partial charge >= 0.3 is 0 Å². The van der Waals surface area contributed by atoms with E-state index in [-0.39, 0.29) is 0 Å². The smallest absolute Gasteiger partial charge is 0.233 e. The van der Waals surface area contributed by atoms with E-state index in [4.69, 9.17) is 10.5 Å². The van der Waals surface area contributed by atoms with E-state index in [9.17, 15) is 0 Å². The lowest BCUT2D eigenvalue weighted by atomic mass is 10.1. The fourth-order valence-electron chi connectivity index (χ4n) is 1.87. The molecule has 0 saturated carbocycles. The van der Waals surface area contributed by atoms with Crippen LogP contribution >= 0.6 is 0 Å². The van der Waals surface area contributed by atoms with E-state index >= 15 is 0 Å². The van der Waals surface area contributed by atoms with Crippen LogP contribution in [0, 0.1) is 0 Å². The summed E-state index contributed by atoms with van der Waals surface area (Å²) >= 11 is 0. The first kappa shape index (κ1) is 13.3. The van der Waals surface area contributed by atoms with Gasteiger partial charge in [0.05, 0.1) is 19.5 Å². The molecule has 0 spiro atoms. The van der Waals surface area contributed by atoms with Crippen LogP contribution in [0.5, 0.6) is 5.88 Å². The van der Waals surface area contributed by atoms with Crippen molar-refractivity contribution in [3.05, 3.63) is 47.8 Å². The maximum absolute atomic E-state index is 5.74. The average Bonchev–Trinajstić information content (AvgIpc) is 2.47. The van der Waals surface area contributed by atoms with E-state index in [1.165, 1.54) is 5.56 Å². The summed E-state index contributed by atoms with van der Waals surface area (Å²) in [5, 5.41) is 0. The van der Waals surface area contributed by atoms with Gasteiger partial charge in [0.15, 0.2) is 5.82 Å². The minimum Gasteiger partial charge on any atom is -0.480 e. The second-order valence-corrected chi connectivity index (χ2v) is 4.25. The molecule has 2 N–H and O–H groups in total. The number of ether oxygens (including phenoxy) is 1. The van der Waals surface area contributed by atoms with Crippen molar-refractivity contribution in [3.8, 4) is 5.88 Å². The number of aromatic nitrogens is 2. The number of hydrogen-bond donors (Lipinski definition) is 1. The molecule has 0 atom stereocenters. The second kappa shape index (κ2) is 6.15. The predicted molar refractivity (Wildman–Crippen MR) is 75.0 cm³/mol. The molecule has 0 saturated heterocycles. The standard InChI is InChI=1S/C14H18N4O/c1-18(13-8-16-9-14(17-13)19-2)10-12-6-4-3-5-11(12)7-15/h3-6,8-9H,7,10,15H2,1-2H3. The first-order valence-corrected chi connectivity index (χ1v) is 6.08. The molecular weight excluding hydrogens is 240 g/mol. The maximum Gasteiger partial charge on any atom is 0.233 e. The van der Waals surface area contributed by atoms with Crippen molar-refractivity contribution in [2.75, 3.05) is 19.1 Å². The lowest BCUT2D eigenvalue weighted by Crippen LogP contribution is -2.19. The normalized spacial score (nSPS) is 10.3. The molecular formula is C14H18N4O. The molecule has 2 aromatic rings. The largest absolute Gasteiger partial charge is 0.480 e. The highest BCUT2D eigenvalue weighted by Crippen LogP contribution is 2.16. The molecule has 0 amide bonds. The zero-order valence-corrected chi connectivity index (χ0v) is 11.2. The van der Waals surface area contributed by atoms with Crippen LogP contribution in [0.1, 0.15) is 11.1 Å². The van der Waals surface area contributed by atoms with Crippen molar-refractivity contribution in [2.45, 2.75) is 13.1 Å². The number of benzene rings is 1. The van der Waals surface area contributed by atoms with Gasteiger partial charge in [-0.05, 0) is 11.1 Å². The maximum atomic E-state index is 5.74. The van der Waals surface area contributed by atoms with Crippen molar-refractivity contribution in [1.29, 1.82) is 0 Å². The molecule has 2 rings (SSSR count). The Balaban J connectivity index is 2.18. The highest BCUT2D eigenvalue weighted by molar-refractivity contribution is 5.39. The topological polar surface area (TPSA) is 64.3 Å². The van der Waals surface area contributed by atoms with Crippen LogP contribution in [0.4, 0.5) is 5.82 Å². The zero-order chi connectivity index (χ0) is 13.7. The summed E-state index contributed by atoms with van der Waals surface area (Å²) in [4.78, 5) is 10.5. The molecule has 1 aromatic heterocycles. The van der Waals surface area contributed by atoms with Crippen LogP contribution in [-0.4, -0.2) is 24.1 Å². The molecule has 0 fully saturated rings. The number of methoxy groups -OCH3 is 1. The molecule has 0 bridgehead atoms. The van der Waals surface area contributed by atoms with Gasteiger partial charge in [-0.25, -0.2) is 0 Å². The van der Waals surface area contributed by atoms with Gasteiger partial charge in [-0.1, -0.05) is 24.3 Å². The number of nitrogens with two attached hydrogens (primary N) is 1. The van der Waals surface area contributed by atoms with E-state index < -0.39 is 0 Å². The van der Waals surface area contributed by atoms with E-state index in [2.05, 4.69) is 16.0 Å². The summed E-state index contributed by atoms with van der Waals surface area (Å²) < 4.78 is 5.08. The van der Waals surface area contributed by atoms with Gasteiger partial charge in [-0.15, -0.1) is 0 Å². The van der Waals surface area contributed by atoms with Crippen LogP contribution in [0.15, 0.2) is 36.7 Å². The van der Waals surface area contributed by atoms with Gasteiger partial charge < -0.3 is 15.4 Å². The monoisotopic (exact) mass is 258 g/mol. The number of anilines is 1. The second-order valence-electron chi connectivity index (χ2n) is 4.25. The van der Waals surface area contributed by atoms with Gasteiger partial charge in [-0.2, -0.15) is 4.98 Å². The first-order valence-electron chi connectivity index (χ1n) is 6.08. The van der Waals surface area contributed by atoms with Crippen LogP contribution in [-0.2, 0) is 13.1 Å². The fourth-order valence-corrected chi connectivity index (χ4v) is 1.87. The molecule has 1 heterocycles. The predicted octanol–water partition coefficient (Wildman–Crippen LogP) is 1.58. The van der Waals surface area contributed by atoms with Crippen LogP contribution in [0.3, 0.4) is 0 Å². The third kappa shape index (κ3) is 3.20. The molecule has 0 aliphatic rings. The quantitative estimate of drug-likeness (QED) is 0.882. The van der Waals surface area contributed by atoms with Crippen molar-refractivity contribution >= 4 is 5.82 Å². The van der Waals surface area contributed by atoms with Crippen LogP contribution in [0.25, 0.3) is 0 Å². The summed E-state index contributed by atoms with van der Waals surface area (Å²) in [6, 6.07) is 8.13. The van der Waals surface area contributed by atoms with E-state index in [1.54, 1.807) is 19.5 Å². The van der Waals surface area contributed by atoms with Crippen molar-refractivity contribution < 1.29 is 4.74 Å². The Labute approximate surface area is 113 Å². The van der Waals surface area contributed by atoms with E-state index in [0.717, 1.165) is 17.9 Å². The fraction of sp³-hybridized carbons (Fsp3) is 0.286. The summed E-state index contributed by atoms with van der Waals surface area (Å²) in [6.45, 7) is 1.27. The lowest BCUT2D eigenvalue weighted by molar-refractivity contribution is 0.395. The Morgan fingerprint density at radius 3 is 2.63 bits per heavy atom.